The highest BCUT2D eigenvalue weighted by Gasteiger charge is 2.16. The number of nitrogens with one attached hydrogen (secondary N) is 2. The molecule has 1 heterocycles. The molecular weight excluding hydrogens is 200 g/mol. The summed E-state index contributed by atoms with van der Waals surface area (Å²) in [6.45, 7) is 8.73. The summed E-state index contributed by atoms with van der Waals surface area (Å²) in [6.07, 6.45) is 4.95. The molecular formula is C13H26N2O. The third kappa shape index (κ3) is 6.11. The second kappa shape index (κ2) is 6.24. The number of hydrogen-bond donors (Lipinski definition) is 2. The molecule has 0 aromatic carbocycles. The lowest BCUT2D eigenvalue weighted by Crippen LogP contribution is -2.42. The van der Waals surface area contributed by atoms with Gasteiger partial charge in [0.1, 0.15) is 0 Å². The molecule has 94 valence electrons. The summed E-state index contributed by atoms with van der Waals surface area (Å²) in [6, 6.07) is 0.406. The van der Waals surface area contributed by atoms with E-state index in [2.05, 4.69) is 31.4 Å². The van der Waals surface area contributed by atoms with Crippen LogP contribution in [0.15, 0.2) is 0 Å². The lowest BCUT2D eigenvalue weighted by atomic mass is 9.90. The molecule has 0 atom stereocenters. The molecule has 1 aliphatic heterocycles. The van der Waals surface area contributed by atoms with Crippen molar-refractivity contribution >= 4 is 5.91 Å². The van der Waals surface area contributed by atoms with Crippen molar-refractivity contribution < 1.29 is 4.79 Å². The molecule has 1 fully saturated rings. The Hall–Kier alpha value is -0.570. The van der Waals surface area contributed by atoms with Gasteiger partial charge in [0.25, 0.3) is 0 Å². The zero-order valence-corrected chi connectivity index (χ0v) is 10.9. The molecule has 3 heteroatoms. The van der Waals surface area contributed by atoms with E-state index in [0.29, 0.717) is 17.9 Å². The van der Waals surface area contributed by atoms with Crippen LogP contribution in [0.1, 0.15) is 52.9 Å². The van der Waals surface area contributed by atoms with E-state index in [1.807, 2.05) is 0 Å². The fourth-order valence-electron chi connectivity index (χ4n) is 2.05. The normalized spacial score (nSPS) is 18.4. The van der Waals surface area contributed by atoms with Gasteiger partial charge in [-0.25, -0.2) is 0 Å². The first-order valence-electron chi connectivity index (χ1n) is 6.47. The number of rotatable bonds is 4. The first-order valence-corrected chi connectivity index (χ1v) is 6.47. The molecule has 1 aliphatic rings. The summed E-state index contributed by atoms with van der Waals surface area (Å²) >= 11 is 0. The average Bonchev–Trinajstić information content (AvgIpc) is 2.17. The predicted molar refractivity (Wildman–Crippen MR) is 67.3 cm³/mol. The van der Waals surface area contributed by atoms with Gasteiger partial charge in [-0.2, -0.15) is 0 Å². The Balaban J connectivity index is 2.10. The minimum absolute atomic E-state index is 0.233. The van der Waals surface area contributed by atoms with Gasteiger partial charge in [-0.1, -0.05) is 20.8 Å². The van der Waals surface area contributed by atoms with Crippen LogP contribution in [0.2, 0.25) is 0 Å². The van der Waals surface area contributed by atoms with Crippen LogP contribution in [-0.2, 0) is 4.79 Å². The van der Waals surface area contributed by atoms with E-state index in [1.165, 1.54) is 0 Å². The van der Waals surface area contributed by atoms with Crippen molar-refractivity contribution in [1.82, 2.24) is 10.6 Å². The molecule has 0 aromatic rings. The van der Waals surface area contributed by atoms with E-state index in [0.717, 1.165) is 38.8 Å². The standard InChI is InChI=1S/C13H26N2O/c1-13(2,3)8-4-5-12(16)15-11-6-9-14-10-7-11/h11,14H,4-10H2,1-3H3,(H,15,16). The molecule has 1 rings (SSSR count). The molecule has 0 aromatic heterocycles. The van der Waals surface area contributed by atoms with Crippen molar-refractivity contribution in [3.05, 3.63) is 0 Å². The summed E-state index contributed by atoms with van der Waals surface area (Å²) in [5.74, 6) is 0.233. The molecule has 0 radical (unpaired) electrons. The van der Waals surface area contributed by atoms with Gasteiger partial charge in [-0.15, -0.1) is 0 Å². The van der Waals surface area contributed by atoms with Crippen molar-refractivity contribution in [1.29, 1.82) is 0 Å². The number of hydrogen-bond acceptors (Lipinski definition) is 2. The molecule has 1 amide bonds. The SMILES string of the molecule is CC(C)(C)CCCC(=O)NC1CCNCC1. The maximum Gasteiger partial charge on any atom is 0.220 e. The number of carbonyl (C=O) groups is 1. The van der Waals surface area contributed by atoms with E-state index < -0.39 is 0 Å². The Morgan fingerprint density at radius 2 is 1.94 bits per heavy atom. The Labute approximate surface area is 99.4 Å². The minimum atomic E-state index is 0.233. The topological polar surface area (TPSA) is 41.1 Å². The van der Waals surface area contributed by atoms with E-state index in [1.54, 1.807) is 0 Å². The summed E-state index contributed by atoms with van der Waals surface area (Å²) in [5.41, 5.74) is 0.342. The molecule has 1 saturated heterocycles. The Kier molecular flexibility index (Phi) is 5.26. The molecule has 0 bridgehead atoms. The average molecular weight is 226 g/mol. The maximum absolute atomic E-state index is 11.7. The molecule has 0 saturated carbocycles. The first-order chi connectivity index (χ1) is 7.47. The van der Waals surface area contributed by atoms with E-state index in [9.17, 15) is 4.79 Å². The van der Waals surface area contributed by atoms with Crippen LogP contribution in [0.4, 0.5) is 0 Å². The molecule has 3 nitrogen and oxygen atoms in total. The highest BCUT2D eigenvalue weighted by molar-refractivity contribution is 5.76. The first kappa shape index (κ1) is 13.5. The van der Waals surface area contributed by atoms with E-state index >= 15 is 0 Å². The Bertz CT molecular complexity index is 214. The highest BCUT2D eigenvalue weighted by atomic mass is 16.1. The Morgan fingerprint density at radius 3 is 2.50 bits per heavy atom. The van der Waals surface area contributed by atoms with Crippen LogP contribution in [0.5, 0.6) is 0 Å². The molecule has 0 spiro atoms. The number of amides is 1. The minimum Gasteiger partial charge on any atom is -0.353 e. The van der Waals surface area contributed by atoms with Crippen molar-refractivity contribution in [3.8, 4) is 0 Å². The summed E-state index contributed by atoms with van der Waals surface area (Å²) in [7, 11) is 0. The highest BCUT2D eigenvalue weighted by Crippen LogP contribution is 2.21. The molecule has 16 heavy (non-hydrogen) atoms. The van der Waals surface area contributed by atoms with Gasteiger partial charge in [0.15, 0.2) is 0 Å². The lowest BCUT2D eigenvalue weighted by molar-refractivity contribution is -0.122. The lowest BCUT2D eigenvalue weighted by Gasteiger charge is -2.24. The van der Waals surface area contributed by atoms with Gasteiger partial charge in [0.2, 0.25) is 5.91 Å². The predicted octanol–water partition coefficient (Wildman–Crippen LogP) is 2.07. The van der Waals surface area contributed by atoms with Crippen LogP contribution in [0.3, 0.4) is 0 Å². The smallest absolute Gasteiger partial charge is 0.220 e. The van der Waals surface area contributed by atoms with Crippen LogP contribution in [-0.4, -0.2) is 25.0 Å². The van der Waals surface area contributed by atoms with Gasteiger partial charge in [0.05, 0.1) is 0 Å². The van der Waals surface area contributed by atoms with Gasteiger partial charge in [-0.05, 0) is 44.2 Å². The van der Waals surface area contributed by atoms with Crippen LogP contribution >= 0.6 is 0 Å². The van der Waals surface area contributed by atoms with Gasteiger partial charge >= 0.3 is 0 Å². The van der Waals surface area contributed by atoms with E-state index in [4.69, 9.17) is 0 Å². The fourth-order valence-corrected chi connectivity index (χ4v) is 2.05. The van der Waals surface area contributed by atoms with Crippen molar-refractivity contribution in [2.24, 2.45) is 5.41 Å². The summed E-state index contributed by atoms with van der Waals surface area (Å²) in [5, 5.41) is 6.43. The van der Waals surface area contributed by atoms with Gasteiger partial charge in [0, 0.05) is 12.5 Å². The van der Waals surface area contributed by atoms with Gasteiger partial charge < -0.3 is 10.6 Å². The maximum atomic E-state index is 11.7. The van der Waals surface area contributed by atoms with Crippen LogP contribution in [0.25, 0.3) is 0 Å². The largest absolute Gasteiger partial charge is 0.353 e. The monoisotopic (exact) mass is 226 g/mol. The molecule has 0 aliphatic carbocycles. The second-order valence-corrected chi connectivity index (χ2v) is 6.01. The van der Waals surface area contributed by atoms with Gasteiger partial charge in [-0.3, -0.25) is 4.79 Å². The van der Waals surface area contributed by atoms with Crippen molar-refractivity contribution in [2.75, 3.05) is 13.1 Å². The quantitative estimate of drug-likeness (QED) is 0.770. The second-order valence-electron chi connectivity index (χ2n) is 6.01. The number of piperidine rings is 1. The number of carbonyl (C=O) groups excluding carboxylic acids is 1. The zero-order valence-electron chi connectivity index (χ0n) is 10.9. The van der Waals surface area contributed by atoms with E-state index in [-0.39, 0.29) is 5.91 Å². The fraction of sp³-hybridized carbons (Fsp3) is 0.923. The van der Waals surface area contributed by atoms with Crippen LogP contribution in [0, 0.1) is 5.41 Å². The van der Waals surface area contributed by atoms with Crippen molar-refractivity contribution in [3.63, 3.8) is 0 Å². The molecule has 0 unspecified atom stereocenters. The molecule has 2 N–H and O–H groups in total. The Morgan fingerprint density at radius 1 is 1.31 bits per heavy atom. The third-order valence-corrected chi connectivity index (χ3v) is 3.03. The summed E-state index contributed by atoms with van der Waals surface area (Å²) in [4.78, 5) is 11.7. The van der Waals surface area contributed by atoms with Crippen LogP contribution < -0.4 is 10.6 Å². The third-order valence-electron chi connectivity index (χ3n) is 3.03. The van der Waals surface area contributed by atoms with Crippen molar-refractivity contribution in [2.45, 2.75) is 58.9 Å². The zero-order chi connectivity index (χ0) is 12.0. The summed E-state index contributed by atoms with van der Waals surface area (Å²) < 4.78 is 0.